The summed E-state index contributed by atoms with van der Waals surface area (Å²) in [5, 5.41) is 6.98. The van der Waals surface area contributed by atoms with Crippen LogP contribution in [0.5, 0.6) is 0 Å². The zero-order chi connectivity index (χ0) is 18.3. The molecule has 7 heteroatoms. The molecule has 2 N–H and O–H groups in total. The van der Waals surface area contributed by atoms with E-state index in [-0.39, 0.29) is 34.5 Å². The maximum absolute atomic E-state index is 13.0. The summed E-state index contributed by atoms with van der Waals surface area (Å²) in [4.78, 5) is 6.78. The lowest BCUT2D eigenvalue weighted by Crippen LogP contribution is -2.50. The minimum atomic E-state index is -0.171. The third-order valence-electron chi connectivity index (χ3n) is 4.71. The van der Waals surface area contributed by atoms with Crippen LogP contribution in [0.3, 0.4) is 0 Å². The van der Waals surface area contributed by atoms with Crippen molar-refractivity contribution in [1.82, 2.24) is 15.5 Å². The molecule has 1 aliphatic heterocycles. The highest BCUT2D eigenvalue weighted by molar-refractivity contribution is 14.0. The van der Waals surface area contributed by atoms with Gasteiger partial charge in [0.1, 0.15) is 5.82 Å². The first-order valence-corrected chi connectivity index (χ1v) is 10.1. The average Bonchev–Trinajstić information content (AvgIpc) is 2.62. The fourth-order valence-electron chi connectivity index (χ4n) is 2.84. The number of hydrogen-bond donors (Lipinski definition) is 2. The number of hydrogen-bond acceptors (Lipinski definition) is 3. The fourth-order valence-corrected chi connectivity index (χ4v) is 3.06. The molecular formula is C19H32FIN4S. The van der Waals surface area contributed by atoms with Crippen molar-refractivity contribution < 1.29 is 4.39 Å². The van der Waals surface area contributed by atoms with Crippen molar-refractivity contribution >= 4 is 41.7 Å². The van der Waals surface area contributed by atoms with E-state index in [2.05, 4.69) is 40.6 Å². The van der Waals surface area contributed by atoms with Gasteiger partial charge in [0.25, 0.3) is 0 Å². The summed E-state index contributed by atoms with van der Waals surface area (Å²) in [6, 6.07) is 7.27. The number of guanidine groups is 1. The van der Waals surface area contributed by atoms with E-state index in [0.29, 0.717) is 6.04 Å². The first kappa shape index (κ1) is 23.5. The SMILES string of the molecule is CN=C(NCC(C)(C)SC)NC1CCN(Cc2ccc(F)cc2)CC1.I. The van der Waals surface area contributed by atoms with Crippen LogP contribution in [0.25, 0.3) is 0 Å². The molecule has 1 aromatic rings. The third-order valence-corrected chi connectivity index (χ3v) is 5.96. The van der Waals surface area contributed by atoms with E-state index in [1.807, 2.05) is 30.9 Å². The van der Waals surface area contributed by atoms with Gasteiger partial charge in [0.05, 0.1) is 0 Å². The van der Waals surface area contributed by atoms with Gasteiger partial charge in [0.2, 0.25) is 0 Å². The maximum atomic E-state index is 13.0. The second-order valence-corrected chi connectivity index (χ2v) is 8.72. The van der Waals surface area contributed by atoms with Crippen LogP contribution in [0.2, 0.25) is 0 Å². The Labute approximate surface area is 178 Å². The van der Waals surface area contributed by atoms with Gasteiger partial charge in [-0.3, -0.25) is 9.89 Å². The molecular weight excluding hydrogens is 462 g/mol. The maximum Gasteiger partial charge on any atom is 0.191 e. The number of aliphatic imine (C=N–C) groups is 1. The van der Waals surface area contributed by atoms with E-state index in [0.717, 1.165) is 45.0 Å². The zero-order valence-corrected chi connectivity index (χ0v) is 19.4. The van der Waals surface area contributed by atoms with Crippen molar-refractivity contribution in [1.29, 1.82) is 0 Å². The highest BCUT2D eigenvalue weighted by Gasteiger charge is 2.21. The van der Waals surface area contributed by atoms with Crippen LogP contribution in [0.4, 0.5) is 4.39 Å². The Balaban J connectivity index is 0.00000338. The predicted octanol–water partition coefficient (Wildman–Crippen LogP) is 3.71. The van der Waals surface area contributed by atoms with Crippen molar-refractivity contribution in [3.63, 3.8) is 0 Å². The second kappa shape index (κ2) is 11.3. The molecule has 0 amide bonds. The number of thioether (sulfide) groups is 1. The molecule has 0 aromatic heterocycles. The zero-order valence-electron chi connectivity index (χ0n) is 16.2. The largest absolute Gasteiger partial charge is 0.355 e. The van der Waals surface area contributed by atoms with Gasteiger partial charge in [-0.1, -0.05) is 12.1 Å². The molecule has 0 unspecified atom stereocenters. The Morgan fingerprint density at radius 1 is 1.27 bits per heavy atom. The van der Waals surface area contributed by atoms with Crippen LogP contribution in [0.15, 0.2) is 29.3 Å². The van der Waals surface area contributed by atoms with Crippen molar-refractivity contribution in [3.8, 4) is 0 Å². The lowest BCUT2D eigenvalue weighted by molar-refractivity contribution is 0.198. The van der Waals surface area contributed by atoms with Crippen molar-refractivity contribution in [2.45, 2.75) is 44.0 Å². The van der Waals surface area contributed by atoms with Gasteiger partial charge in [-0.2, -0.15) is 11.8 Å². The summed E-state index contributed by atoms with van der Waals surface area (Å²) in [6.07, 6.45) is 4.32. The second-order valence-electron chi connectivity index (χ2n) is 7.21. The Bertz CT molecular complexity index is 557. The van der Waals surface area contributed by atoms with Crippen molar-refractivity contribution in [2.75, 3.05) is 32.9 Å². The number of benzene rings is 1. The van der Waals surface area contributed by atoms with E-state index in [4.69, 9.17) is 0 Å². The van der Waals surface area contributed by atoms with Gasteiger partial charge in [0.15, 0.2) is 5.96 Å². The Morgan fingerprint density at radius 3 is 2.42 bits per heavy atom. The molecule has 1 fully saturated rings. The lowest BCUT2D eigenvalue weighted by Gasteiger charge is -2.33. The fraction of sp³-hybridized carbons (Fsp3) is 0.632. The van der Waals surface area contributed by atoms with E-state index in [1.165, 1.54) is 17.7 Å². The summed E-state index contributed by atoms with van der Waals surface area (Å²) in [5.74, 6) is 0.717. The number of rotatable bonds is 6. The molecule has 0 atom stereocenters. The minimum Gasteiger partial charge on any atom is -0.355 e. The highest BCUT2D eigenvalue weighted by Crippen LogP contribution is 2.19. The number of piperidine rings is 1. The van der Waals surface area contributed by atoms with Gasteiger partial charge in [-0.15, -0.1) is 24.0 Å². The quantitative estimate of drug-likeness (QED) is 0.360. The summed E-state index contributed by atoms with van der Waals surface area (Å²) in [6.45, 7) is 8.32. The van der Waals surface area contributed by atoms with Crippen LogP contribution in [0, 0.1) is 5.82 Å². The van der Waals surface area contributed by atoms with Gasteiger partial charge in [-0.25, -0.2) is 4.39 Å². The van der Waals surface area contributed by atoms with E-state index in [1.54, 1.807) is 0 Å². The summed E-state index contributed by atoms with van der Waals surface area (Å²) >= 11 is 1.85. The molecule has 0 saturated carbocycles. The molecule has 0 bridgehead atoms. The Morgan fingerprint density at radius 2 is 1.88 bits per heavy atom. The predicted molar refractivity (Wildman–Crippen MR) is 122 cm³/mol. The summed E-state index contributed by atoms with van der Waals surface area (Å²) in [7, 11) is 1.82. The molecule has 1 aromatic carbocycles. The van der Waals surface area contributed by atoms with Gasteiger partial charge < -0.3 is 10.6 Å². The molecule has 4 nitrogen and oxygen atoms in total. The molecule has 0 radical (unpaired) electrons. The molecule has 26 heavy (non-hydrogen) atoms. The van der Waals surface area contributed by atoms with Crippen LogP contribution in [-0.2, 0) is 6.54 Å². The number of halogens is 2. The van der Waals surface area contributed by atoms with Crippen molar-refractivity contribution in [3.05, 3.63) is 35.6 Å². The average molecular weight is 494 g/mol. The molecule has 148 valence electrons. The van der Waals surface area contributed by atoms with Gasteiger partial charge >= 0.3 is 0 Å². The lowest BCUT2D eigenvalue weighted by atomic mass is 10.0. The Hall–Kier alpha value is -0.540. The van der Waals surface area contributed by atoms with Gasteiger partial charge in [0, 0.05) is 44.0 Å². The first-order chi connectivity index (χ1) is 11.9. The highest BCUT2D eigenvalue weighted by atomic mass is 127. The smallest absolute Gasteiger partial charge is 0.191 e. The van der Waals surface area contributed by atoms with Gasteiger partial charge in [-0.05, 0) is 50.6 Å². The minimum absolute atomic E-state index is 0. The first-order valence-electron chi connectivity index (χ1n) is 8.91. The Kier molecular flexibility index (Phi) is 10.2. The van der Waals surface area contributed by atoms with Crippen LogP contribution < -0.4 is 10.6 Å². The summed E-state index contributed by atoms with van der Waals surface area (Å²) < 4.78 is 13.2. The molecule has 0 spiro atoms. The van der Waals surface area contributed by atoms with Crippen molar-refractivity contribution in [2.24, 2.45) is 4.99 Å². The number of nitrogens with one attached hydrogen (secondary N) is 2. The van der Waals surface area contributed by atoms with Crippen LogP contribution >= 0.6 is 35.7 Å². The normalized spacial score (nSPS) is 16.9. The molecule has 2 rings (SSSR count). The number of likely N-dealkylation sites (tertiary alicyclic amines) is 1. The topological polar surface area (TPSA) is 39.7 Å². The molecule has 1 aliphatic rings. The van der Waals surface area contributed by atoms with E-state index < -0.39 is 0 Å². The monoisotopic (exact) mass is 494 g/mol. The summed E-state index contributed by atoms with van der Waals surface area (Å²) in [5.41, 5.74) is 1.17. The number of nitrogens with zero attached hydrogens (tertiary/aromatic N) is 2. The van der Waals surface area contributed by atoms with Crippen LogP contribution in [0.1, 0.15) is 32.3 Å². The van der Waals surface area contributed by atoms with E-state index in [9.17, 15) is 4.39 Å². The third kappa shape index (κ3) is 8.00. The van der Waals surface area contributed by atoms with Crippen LogP contribution in [-0.4, -0.2) is 54.6 Å². The molecule has 1 heterocycles. The van der Waals surface area contributed by atoms with E-state index >= 15 is 0 Å². The standard InChI is InChI=1S/C19H31FN4S.HI/c1-19(2,25-4)14-22-18(21-3)23-17-9-11-24(12-10-17)13-15-5-7-16(20)8-6-15;/h5-8,17H,9-14H2,1-4H3,(H2,21,22,23);1H. The molecule has 0 aliphatic carbocycles. The molecule has 1 saturated heterocycles.